The third-order valence-electron chi connectivity index (χ3n) is 4.84. The zero-order chi connectivity index (χ0) is 17.1. The molecule has 0 spiro atoms. The van der Waals surface area contributed by atoms with Gasteiger partial charge < -0.3 is 9.84 Å². The van der Waals surface area contributed by atoms with Crippen LogP contribution in [0.2, 0.25) is 0 Å². The molecule has 7 heteroatoms. The second-order valence-corrected chi connectivity index (χ2v) is 6.65. The van der Waals surface area contributed by atoms with Crippen molar-refractivity contribution < 1.29 is 4.52 Å². The minimum absolute atomic E-state index is 0.496. The van der Waals surface area contributed by atoms with Crippen LogP contribution in [0.1, 0.15) is 48.4 Å². The van der Waals surface area contributed by atoms with Crippen molar-refractivity contribution in [3.63, 3.8) is 0 Å². The number of hydrogen-bond donors (Lipinski definition) is 1. The number of piperidine rings is 1. The predicted molar refractivity (Wildman–Crippen MR) is 91.5 cm³/mol. The van der Waals surface area contributed by atoms with E-state index in [1.54, 1.807) is 0 Å². The number of rotatable bonds is 6. The molecule has 0 aliphatic carbocycles. The quantitative estimate of drug-likeness (QED) is 0.872. The van der Waals surface area contributed by atoms with Crippen LogP contribution in [0.25, 0.3) is 0 Å². The number of nitrogens with one attached hydrogen (secondary N) is 1. The Morgan fingerprint density at radius 2 is 2.12 bits per heavy atom. The Bertz CT molecular complexity index is 677. The molecule has 1 aliphatic heterocycles. The van der Waals surface area contributed by atoms with Gasteiger partial charge in [0.2, 0.25) is 5.89 Å². The number of aromatic nitrogens is 4. The van der Waals surface area contributed by atoms with Crippen molar-refractivity contribution in [1.29, 1.82) is 0 Å². The molecule has 0 bridgehead atoms. The minimum atomic E-state index is 0.496. The number of likely N-dealkylation sites (tertiary alicyclic amines) is 1. The van der Waals surface area contributed by atoms with Gasteiger partial charge in [0, 0.05) is 43.9 Å². The molecule has 24 heavy (non-hydrogen) atoms. The lowest BCUT2D eigenvalue weighted by Crippen LogP contribution is -2.45. The van der Waals surface area contributed by atoms with Crippen LogP contribution in [0.3, 0.4) is 0 Å². The van der Waals surface area contributed by atoms with Crippen LogP contribution >= 0.6 is 0 Å². The minimum Gasteiger partial charge on any atom is -0.340 e. The molecule has 1 fully saturated rings. The van der Waals surface area contributed by atoms with Crippen molar-refractivity contribution in [2.45, 2.75) is 66.2 Å². The van der Waals surface area contributed by atoms with Crippen LogP contribution in [0, 0.1) is 20.8 Å². The number of aryl methyl sites for hydroxylation is 3. The van der Waals surface area contributed by atoms with E-state index >= 15 is 0 Å². The molecule has 1 saturated heterocycles. The fourth-order valence-corrected chi connectivity index (χ4v) is 3.52. The lowest BCUT2D eigenvalue weighted by molar-refractivity contribution is 0.177. The molecule has 2 aromatic heterocycles. The average molecular weight is 332 g/mol. The summed E-state index contributed by atoms with van der Waals surface area (Å²) in [6.07, 6.45) is 2.41. The molecule has 1 N–H and O–H groups in total. The van der Waals surface area contributed by atoms with Crippen molar-refractivity contribution in [1.82, 2.24) is 30.1 Å². The third kappa shape index (κ3) is 3.84. The van der Waals surface area contributed by atoms with E-state index in [0.717, 1.165) is 44.2 Å². The summed E-state index contributed by atoms with van der Waals surface area (Å²) >= 11 is 0. The van der Waals surface area contributed by atoms with Gasteiger partial charge in [-0.2, -0.15) is 10.1 Å². The maximum atomic E-state index is 5.06. The van der Waals surface area contributed by atoms with Crippen LogP contribution < -0.4 is 5.32 Å². The van der Waals surface area contributed by atoms with Gasteiger partial charge in [0.15, 0.2) is 5.82 Å². The fraction of sp³-hybridized carbons (Fsp3) is 0.706. The molecule has 0 saturated carbocycles. The Balaban J connectivity index is 1.55. The first-order valence-corrected chi connectivity index (χ1v) is 8.84. The van der Waals surface area contributed by atoms with Gasteiger partial charge in [-0.3, -0.25) is 9.58 Å². The Morgan fingerprint density at radius 3 is 2.79 bits per heavy atom. The van der Waals surface area contributed by atoms with Crippen molar-refractivity contribution >= 4 is 0 Å². The number of nitrogens with zero attached hydrogens (tertiary/aromatic N) is 5. The van der Waals surface area contributed by atoms with Crippen molar-refractivity contribution in [3.05, 3.63) is 28.7 Å². The summed E-state index contributed by atoms with van der Waals surface area (Å²) in [4.78, 5) is 6.71. The lowest BCUT2D eigenvalue weighted by Gasteiger charge is -2.32. The van der Waals surface area contributed by atoms with Gasteiger partial charge >= 0.3 is 0 Å². The van der Waals surface area contributed by atoms with E-state index in [2.05, 4.69) is 50.9 Å². The topological polar surface area (TPSA) is 72.0 Å². The summed E-state index contributed by atoms with van der Waals surface area (Å²) in [5.41, 5.74) is 3.75. The maximum absolute atomic E-state index is 5.06. The van der Waals surface area contributed by atoms with E-state index in [0.29, 0.717) is 11.9 Å². The second-order valence-electron chi connectivity index (χ2n) is 6.65. The monoisotopic (exact) mass is 332 g/mol. The average Bonchev–Trinajstić information content (AvgIpc) is 3.09. The van der Waals surface area contributed by atoms with Crippen LogP contribution in [-0.2, 0) is 19.6 Å². The summed E-state index contributed by atoms with van der Waals surface area (Å²) in [5.74, 6) is 1.42. The Hall–Kier alpha value is -1.73. The molecule has 1 aliphatic rings. The molecule has 1 atom stereocenters. The fourth-order valence-electron chi connectivity index (χ4n) is 3.52. The second kappa shape index (κ2) is 7.44. The van der Waals surface area contributed by atoms with Gasteiger partial charge in [-0.1, -0.05) is 5.16 Å². The van der Waals surface area contributed by atoms with Gasteiger partial charge in [0.25, 0.3) is 0 Å². The summed E-state index contributed by atoms with van der Waals surface area (Å²) < 4.78 is 7.15. The zero-order valence-corrected chi connectivity index (χ0v) is 15.2. The van der Waals surface area contributed by atoms with Crippen LogP contribution in [0.15, 0.2) is 4.52 Å². The highest BCUT2D eigenvalue weighted by Gasteiger charge is 2.22. The van der Waals surface area contributed by atoms with E-state index in [4.69, 9.17) is 4.52 Å². The van der Waals surface area contributed by atoms with Gasteiger partial charge in [-0.15, -0.1) is 0 Å². The normalized spacial score (nSPS) is 19.1. The molecule has 132 valence electrons. The van der Waals surface area contributed by atoms with E-state index in [-0.39, 0.29) is 0 Å². The standard InChI is InChI=1S/C17H28N6O/c1-5-23-13(3)16(12(2)20-23)9-18-15-7-6-8-22(10-15)11-17-19-14(4)24-21-17/h15,18H,5-11H2,1-4H3/t15-/m1/s1. The lowest BCUT2D eigenvalue weighted by atomic mass is 10.0. The van der Waals surface area contributed by atoms with E-state index in [1.165, 1.54) is 24.1 Å². The van der Waals surface area contributed by atoms with Crippen LogP contribution in [0.4, 0.5) is 0 Å². The van der Waals surface area contributed by atoms with Crippen LogP contribution in [-0.4, -0.2) is 44.0 Å². The van der Waals surface area contributed by atoms with Crippen molar-refractivity contribution in [2.24, 2.45) is 0 Å². The smallest absolute Gasteiger partial charge is 0.223 e. The molecular formula is C17H28N6O. The van der Waals surface area contributed by atoms with Crippen LogP contribution in [0.5, 0.6) is 0 Å². The third-order valence-corrected chi connectivity index (χ3v) is 4.84. The highest BCUT2D eigenvalue weighted by atomic mass is 16.5. The highest BCUT2D eigenvalue weighted by Crippen LogP contribution is 2.16. The molecule has 0 radical (unpaired) electrons. The van der Waals surface area contributed by atoms with Crippen molar-refractivity contribution in [2.75, 3.05) is 13.1 Å². The first-order valence-electron chi connectivity index (χ1n) is 8.84. The largest absolute Gasteiger partial charge is 0.340 e. The molecule has 0 unspecified atom stereocenters. The first-order chi connectivity index (χ1) is 11.6. The molecule has 7 nitrogen and oxygen atoms in total. The molecule has 2 aromatic rings. The summed E-state index contributed by atoms with van der Waals surface area (Å²) in [7, 11) is 0. The van der Waals surface area contributed by atoms with E-state index in [1.807, 2.05) is 6.92 Å². The van der Waals surface area contributed by atoms with Gasteiger partial charge in [-0.25, -0.2) is 0 Å². The Morgan fingerprint density at radius 1 is 1.29 bits per heavy atom. The molecule has 3 rings (SSSR count). The number of hydrogen-bond acceptors (Lipinski definition) is 6. The van der Waals surface area contributed by atoms with Gasteiger partial charge in [0.1, 0.15) is 0 Å². The SMILES string of the molecule is CCn1nc(C)c(CN[C@@H]2CCCN(Cc3noc(C)n3)C2)c1C. The Kier molecular flexibility index (Phi) is 5.30. The zero-order valence-electron chi connectivity index (χ0n) is 15.2. The summed E-state index contributed by atoms with van der Waals surface area (Å²) in [5, 5.41) is 12.3. The summed E-state index contributed by atoms with van der Waals surface area (Å²) in [6.45, 7) is 12.9. The maximum Gasteiger partial charge on any atom is 0.223 e. The molecule has 3 heterocycles. The molecular weight excluding hydrogens is 304 g/mol. The molecule has 0 aromatic carbocycles. The first kappa shape index (κ1) is 17.1. The summed E-state index contributed by atoms with van der Waals surface area (Å²) in [6, 6.07) is 0.496. The Labute approximate surface area is 143 Å². The highest BCUT2D eigenvalue weighted by molar-refractivity contribution is 5.24. The van der Waals surface area contributed by atoms with E-state index in [9.17, 15) is 0 Å². The van der Waals surface area contributed by atoms with Gasteiger partial charge in [-0.05, 0) is 40.2 Å². The van der Waals surface area contributed by atoms with E-state index < -0.39 is 0 Å². The van der Waals surface area contributed by atoms with Gasteiger partial charge in [0.05, 0.1) is 12.2 Å². The molecule has 0 amide bonds. The van der Waals surface area contributed by atoms with Crippen molar-refractivity contribution in [3.8, 4) is 0 Å². The predicted octanol–water partition coefficient (Wildman–Crippen LogP) is 1.97.